The SMILES string of the molecule is CCC(C)Oc1cc(C)ccc1CNC(=NC)NCC1CCN(CC(F)(F)F)C1.I. The fourth-order valence-corrected chi connectivity index (χ4v) is 3.33. The molecule has 2 N–H and O–H groups in total. The highest BCUT2D eigenvalue weighted by atomic mass is 127. The van der Waals surface area contributed by atoms with E-state index in [1.807, 2.05) is 32.0 Å². The first-order valence-electron chi connectivity index (χ1n) is 10.2. The van der Waals surface area contributed by atoms with Gasteiger partial charge in [0.2, 0.25) is 0 Å². The highest BCUT2D eigenvalue weighted by Crippen LogP contribution is 2.23. The molecule has 0 saturated carbocycles. The van der Waals surface area contributed by atoms with Crippen LogP contribution in [0.5, 0.6) is 5.75 Å². The molecule has 0 amide bonds. The number of aliphatic imine (C=N–C) groups is 1. The minimum absolute atomic E-state index is 0. The number of rotatable bonds is 8. The van der Waals surface area contributed by atoms with Crippen molar-refractivity contribution in [3.8, 4) is 5.75 Å². The summed E-state index contributed by atoms with van der Waals surface area (Å²) in [5.41, 5.74) is 2.18. The predicted molar refractivity (Wildman–Crippen MR) is 126 cm³/mol. The maximum atomic E-state index is 12.5. The summed E-state index contributed by atoms with van der Waals surface area (Å²) in [6.45, 7) is 7.42. The lowest BCUT2D eigenvalue weighted by atomic mass is 10.1. The third-order valence-electron chi connectivity index (χ3n) is 5.13. The van der Waals surface area contributed by atoms with Gasteiger partial charge in [0.05, 0.1) is 12.6 Å². The lowest BCUT2D eigenvalue weighted by Gasteiger charge is -2.20. The van der Waals surface area contributed by atoms with Crippen molar-refractivity contribution in [1.82, 2.24) is 15.5 Å². The molecule has 1 aromatic rings. The quantitative estimate of drug-likeness (QED) is 0.292. The van der Waals surface area contributed by atoms with Crippen molar-refractivity contribution in [3.05, 3.63) is 29.3 Å². The molecule has 1 aromatic carbocycles. The summed E-state index contributed by atoms with van der Waals surface area (Å²) >= 11 is 0. The number of benzene rings is 1. The van der Waals surface area contributed by atoms with Gasteiger partial charge >= 0.3 is 6.18 Å². The Hall–Kier alpha value is -1.23. The van der Waals surface area contributed by atoms with Gasteiger partial charge in [-0.25, -0.2) is 0 Å². The Morgan fingerprint density at radius 2 is 2.07 bits per heavy atom. The molecule has 0 aromatic heterocycles. The number of alkyl halides is 3. The lowest BCUT2D eigenvalue weighted by Crippen LogP contribution is -2.40. The normalized spacial score (nSPS) is 18.6. The fraction of sp³-hybridized carbons (Fsp3) is 0.667. The van der Waals surface area contributed by atoms with Gasteiger partial charge < -0.3 is 15.4 Å². The van der Waals surface area contributed by atoms with Crippen LogP contribution in [0.1, 0.15) is 37.8 Å². The highest BCUT2D eigenvalue weighted by Gasteiger charge is 2.34. The number of ether oxygens (including phenoxy) is 1. The molecule has 1 fully saturated rings. The largest absolute Gasteiger partial charge is 0.490 e. The van der Waals surface area contributed by atoms with E-state index in [0.717, 1.165) is 29.7 Å². The number of hydrogen-bond donors (Lipinski definition) is 2. The van der Waals surface area contributed by atoms with Crippen LogP contribution in [-0.4, -0.2) is 56.4 Å². The Morgan fingerprint density at radius 3 is 2.70 bits per heavy atom. The van der Waals surface area contributed by atoms with E-state index >= 15 is 0 Å². The number of guanidine groups is 1. The topological polar surface area (TPSA) is 48.9 Å². The summed E-state index contributed by atoms with van der Waals surface area (Å²) in [6.07, 6.45) is -2.32. The standard InChI is InChI=1S/C21H33F3N4O.HI/c1-5-16(3)29-19-10-15(2)6-7-18(19)12-27-20(25-4)26-11-17-8-9-28(13-17)14-21(22,23)24;/h6-7,10,16-17H,5,8-9,11-14H2,1-4H3,(H2,25,26,27);1H. The van der Waals surface area contributed by atoms with Gasteiger partial charge in [-0.2, -0.15) is 13.2 Å². The van der Waals surface area contributed by atoms with E-state index in [1.165, 1.54) is 4.90 Å². The lowest BCUT2D eigenvalue weighted by molar-refractivity contribution is -0.143. The van der Waals surface area contributed by atoms with E-state index < -0.39 is 12.7 Å². The Labute approximate surface area is 194 Å². The van der Waals surface area contributed by atoms with Crippen molar-refractivity contribution in [1.29, 1.82) is 0 Å². The maximum Gasteiger partial charge on any atom is 0.401 e. The molecule has 1 heterocycles. The summed E-state index contributed by atoms with van der Waals surface area (Å²) in [6, 6.07) is 6.12. The zero-order chi connectivity index (χ0) is 21.4. The van der Waals surface area contributed by atoms with E-state index in [9.17, 15) is 13.2 Å². The molecule has 2 rings (SSSR count). The van der Waals surface area contributed by atoms with Gasteiger partial charge in [-0.15, -0.1) is 24.0 Å². The minimum atomic E-state index is -4.14. The fourth-order valence-electron chi connectivity index (χ4n) is 3.33. The second-order valence-electron chi connectivity index (χ2n) is 7.76. The summed E-state index contributed by atoms with van der Waals surface area (Å²) in [5.74, 6) is 1.68. The van der Waals surface area contributed by atoms with Gasteiger partial charge in [0.15, 0.2) is 5.96 Å². The van der Waals surface area contributed by atoms with Crippen molar-refractivity contribution >= 4 is 29.9 Å². The third kappa shape index (κ3) is 9.28. The maximum absolute atomic E-state index is 12.5. The van der Waals surface area contributed by atoms with Crippen LogP contribution in [0.4, 0.5) is 13.2 Å². The molecular formula is C21H34F3IN4O. The van der Waals surface area contributed by atoms with Crippen molar-refractivity contribution in [3.63, 3.8) is 0 Å². The van der Waals surface area contributed by atoms with Crippen molar-refractivity contribution < 1.29 is 17.9 Å². The van der Waals surface area contributed by atoms with Crippen molar-refractivity contribution in [2.24, 2.45) is 10.9 Å². The Kier molecular flexibility index (Phi) is 11.2. The number of nitrogens with zero attached hydrogens (tertiary/aromatic N) is 2. The molecule has 2 unspecified atom stereocenters. The van der Waals surface area contributed by atoms with E-state index in [1.54, 1.807) is 7.05 Å². The first-order valence-corrected chi connectivity index (χ1v) is 10.2. The first-order chi connectivity index (χ1) is 13.7. The molecule has 1 aliphatic rings. The summed E-state index contributed by atoms with van der Waals surface area (Å²) in [4.78, 5) is 5.69. The molecule has 172 valence electrons. The average molecular weight is 542 g/mol. The van der Waals surface area contributed by atoms with Crippen LogP contribution < -0.4 is 15.4 Å². The molecular weight excluding hydrogens is 508 g/mol. The number of aryl methyl sites for hydroxylation is 1. The van der Waals surface area contributed by atoms with E-state index in [2.05, 4.69) is 22.5 Å². The van der Waals surface area contributed by atoms with Crippen LogP contribution in [0, 0.1) is 12.8 Å². The number of nitrogens with one attached hydrogen (secondary N) is 2. The monoisotopic (exact) mass is 542 g/mol. The zero-order valence-electron chi connectivity index (χ0n) is 18.2. The molecule has 30 heavy (non-hydrogen) atoms. The van der Waals surface area contributed by atoms with Gasteiger partial charge in [-0.1, -0.05) is 19.1 Å². The van der Waals surface area contributed by atoms with E-state index in [-0.39, 0.29) is 36.0 Å². The van der Waals surface area contributed by atoms with Crippen LogP contribution in [0.2, 0.25) is 0 Å². The average Bonchev–Trinajstić information content (AvgIpc) is 3.08. The molecule has 0 radical (unpaired) electrons. The zero-order valence-corrected chi connectivity index (χ0v) is 20.5. The molecule has 9 heteroatoms. The van der Waals surface area contributed by atoms with Crippen molar-refractivity contribution in [2.75, 3.05) is 33.2 Å². The molecule has 0 bridgehead atoms. The second kappa shape index (κ2) is 12.6. The molecule has 2 atom stereocenters. The van der Waals surface area contributed by atoms with Crippen molar-refractivity contribution in [2.45, 2.75) is 52.4 Å². The van der Waals surface area contributed by atoms with Crippen LogP contribution in [-0.2, 0) is 6.54 Å². The van der Waals surface area contributed by atoms with Gasteiger partial charge in [-0.3, -0.25) is 9.89 Å². The highest BCUT2D eigenvalue weighted by molar-refractivity contribution is 14.0. The molecule has 5 nitrogen and oxygen atoms in total. The Balaban J connectivity index is 0.00000450. The third-order valence-corrected chi connectivity index (χ3v) is 5.13. The number of likely N-dealkylation sites (tertiary alicyclic amines) is 1. The second-order valence-corrected chi connectivity index (χ2v) is 7.76. The van der Waals surface area contributed by atoms with Gasteiger partial charge in [0, 0.05) is 32.2 Å². The number of halogens is 4. The Morgan fingerprint density at radius 1 is 1.33 bits per heavy atom. The predicted octanol–water partition coefficient (Wildman–Crippen LogP) is 4.34. The van der Waals surface area contributed by atoms with Crippen LogP contribution in [0.25, 0.3) is 0 Å². The number of hydrogen-bond acceptors (Lipinski definition) is 3. The minimum Gasteiger partial charge on any atom is -0.490 e. The van der Waals surface area contributed by atoms with E-state index in [4.69, 9.17) is 4.74 Å². The molecule has 1 aliphatic heterocycles. The first kappa shape index (κ1) is 26.8. The summed E-state index contributed by atoms with van der Waals surface area (Å²) < 4.78 is 43.6. The van der Waals surface area contributed by atoms with Gasteiger partial charge in [-0.05, 0) is 50.8 Å². The molecule has 1 saturated heterocycles. The van der Waals surface area contributed by atoms with Gasteiger partial charge in [0.25, 0.3) is 0 Å². The van der Waals surface area contributed by atoms with Crippen LogP contribution >= 0.6 is 24.0 Å². The van der Waals surface area contributed by atoms with Crippen LogP contribution in [0.3, 0.4) is 0 Å². The van der Waals surface area contributed by atoms with Crippen LogP contribution in [0.15, 0.2) is 23.2 Å². The molecule has 0 aliphatic carbocycles. The van der Waals surface area contributed by atoms with Gasteiger partial charge in [0.1, 0.15) is 5.75 Å². The Bertz CT molecular complexity index is 685. The summed E-state index contributed by atoms with van der Waals surface area (Å²) in [5, 5.41) is 6.51. The smallest absolute Gasteiger partial charge is 0.401 e. The molecule has 0 spiro atoms. The van der Waals surface area contributed by atoms with E-state index in [0.29, 0.717) is 32.1 Å². The summed E-state index contributed by atoms with van der Waals surface area (Å²) in [7, 11) is 1.69.